The van der Waals surface area contributed by atoms with Gasteiger partial charge >= 0.3 is 5.97 Å². The molecule has 1 atom stereocenters. The van der Waals surface area contributed by atoms with Crippen LogP contribution in [0.5, 0.6) is 0 Å². The summed E-state index contributed by atoms with van der Waals surface area (Å²) in [6.45, 7) is 0. The van der Waals surface area contributed by atoms with Gasteiger partial charge in [-0.25, -0.2) is 4.79 Å². The second kappa shape index (κ2) is 4.02. The molecule has 0 saturated heterocycles. The number of methoxy groups -OCH3 is 1. The van der Waals surface area contributed by atoms with E-state index in [0.29, 0.717) is 0 Å². The minimum Gasteiger partial charge on any atom is -0.468 e. The fourth-order valence-corrected chi connectivity index (χ4v) is 2.37. The Hall–Kier alpha value is -0.390. The maximum Gasteiger partial charge on any atom is 0.328 e. The van der Waals surface area contributed by atoms with Crippen LogP contribution in [0.1, 0.15) is 10.9 Å². The molecule has 1 aromatic rings. The second-order valence-corrected chi connectivity index (χ2v) is 3.94. The van der Waals surface area contributed by atoms with Crippen LogP contribution in [0.4, 0.5) is 0 Å². The van der Waals surface area contributed by atoms with E-state index in [0.717, 1.165) is 9.35 Å². The second-order valence-electron chi connectivity index (χ2n) is 2.13. The van der Waals surface area contributed by atoms with Crippen molar-refractivity contribution in [2.75, 3.05) is 7.11 Å². The third-order valence-corrected chi connectivity index (χ3v) is 3.34. The van der Waals surface area contributed by atoms with Crippen LogP contribution in [-0.2, 0) is 9.53 Å². The van der Waals surface area contributed by atoms with Gasteiger partial charge in [0.15, 0.2) is 0 Å². The van der Waals surface area contributed by atoms with Gasteiger partial charge in [0, 0.05) is 9.35 Å². The van der Waals surface area contributed by atoms with Gasteiger partial charge in [-0.1, -0.05) is 0 Å². The molecule has 66 valence electrons. The van der Waals surface area contributed by atoms with E-state index in [9.17, 15) is 4.79 Å². The SMILES string of the molecule is COC(=O)C(N)c1sccc1Br. The van der Waals surface area contributed by atoms with Crippen LogP contribution in [-0.4, -0.2) is 13.1 Å². The quantitative estimate of drug-likeness (QED) is 0.812. The Labute approximate surface area is 82.6 Å². The van der Waals surface area contributed by atoms with Crippen molar-refractivity contribution in [1.82, 2.24) is 0 Å². The van der Waals surface area contributed by atoms with Crippen LogP contribution < -0.4 is 5.73 Å². The summed E-state index contributed by atoms with van der Waals surface area (Å²) in [7, 11) is 1.32. The highest BCUT2D eigenvalue weighted by atomic mass is 79.9. The van der Waals surface area contributed by atoms with E-state index in [2.05, 4.69) is 20.7 Å². The number of halogens is 1. The Morgan fingerprint density at radius 2 is 2.50 bits per heavy atom. The fraction of sp³-hybridized carbons (Fsp3) is 0.286. The fourth-order valence-electron chi connectivity index (χ4n) is 0.761. The monoisotopic (exact) mass is 249 g/mol. The third-order valence-electron chi connectivity index (χ3n) is 1.38. The number of hydrogen-bond acceptors (Lipinski definition) is 4. The molecular formula is C7H8BrNO2S. The van der Waals surface area contributed by atoms with E-state index < -0.39 is 12.0 Å². The summed E-state index contributed by atoms with van der Waals surface area (Å²) in [6.07, 6.45) is 0. The molecule has 12 heavy (non-hydrogen) atoms. The van der Waals surface area contributed by atoms with Crippen molar-refractivity contribution in [3.8, 4) is 0 Å². The number of carbonyl (C=O) groups excluding carboxylic acids is 1. The molecule has 0 aliphatic rings. The number of thiophene rings is 1. The Morgan fingerprint density at radius 1 is 1.83 bits per heavy atom. The highest BCUT2D eigenvalue weighted by molar-refractivity contribution is 9.10. The van der Waals surface area contributed by atoms with Crippen LogP contribution in [0, 0.1) is 0 Å². The standard InChI is InChI=1S/C7H8BrNO2S/c1-11-7(10)5(9)6-4(8)2-3-12-6/h2-3,5H,9H2,1H3. The number of carbonyl (C=O) groups is 1. The lowest BCUT2D eigenvalue weighted by molar-refractivity contribution is -0.142. The van der Waals surface area contributed by atoms with Gasteiger partial charge in [0.05, 0.1) is 7.11 Å². The van der Waals surface area contributed by atoms with Crippen molar-refractivity contribution < 1.29 is 9.53 Å². The predicted molar refractivity (Wildman–Crippen MR) is 51.0 cm³/mol. The van der Waals surface area contributed by atoms with Crippen molar-refractivity contribution in [1.29, 1.82) is 0 Å². The number of rotatable bonds is 2. The number of hydrogen-bond donors (Lipinski definition) is 1. The summed E-state index contributed by atoms with van der Waals surface area (Å²) < 4.78 is 5.36. The van der Waals surface area contributed by atoms with Crippen molar-refractivity contribution in [2.24, 2.45) is 5.73 Å². The Morgan fingerprint density at radius 3 is 2.92 bits per heavy atom. The molecule has 1 aromatic heterocycles. The van der Waals surface area contributed by atoms with Gasteiger partial charge in [-0.05, 0) is 27.4 Å². The molecule has 1 rings (SSSR count). The van der Waals surface area contributed by atoms with Crippen molar-refractivity contribution >= 4 is 33.2 Å². The first-order valence-corrected chi connectivity index (χ1v) is 4.90. The number of ether oxygens (including phenoxy) is 1. The molecule has 0 aliphatic heterocycles. The van der Waals surface area contributed by atoms with E-state index in [1.807, 2.05) is 11.4 Å². The summed E-state index contributed by atoms with van der Waals surface area (Å²) in [5, 5.41) is 1.86. The Bertz CT molecular complexity index is 287. The summed E-state index contributed by atoms with van der Waals surface area (Å²) >= 11 is 4.72. The molecule has 0 aliphatic carbocycles. The van der Waals surface area contributed by atoms with E-state index in [1.54, 1.807) is 0 Å². The van der Waals surface area contributed by atoms with Crippen LogP contribution in [0.2, 0.25) is 0 Å². The topological polar surface area (TPSA) is 52.3 Å². The smallest absolute Gasteiger partial charge is 0.328 e. The van der Waals surface area contributed by atoms with Gasteiger partial charge in [0.2, 0.25) is 0 Å². The molecule has 0 saturated carbocycles. The predicted octanol–water partition coefficient (Wildman–Crippen LogP) is 1.68. The van der Waals surface area contributed by atoms with Gasteiger partial charge in [0.25, 0.3) is 0 Å². The summed E-state index contributed by atoms with van der Waals surface area (Å²) in [6, 6.07) is 1.17. The maximum atomic E-state index is 11.0. The molecule has 0 spiro atoms. The van der Waals surface area contributed by atoms with Gasteiger partial charge in [-0.15, -0.1) is 11.3 Å². The lowest BCUT2D eigenvalue weighted by atomic mass is 10.2. The number of esters is 1. The molecule has 0 bridgehead atoms. The first-order chi connectivity index (χ1) is 5.66. The van der Waals surface area contributed by atoms with Gasteiger partial charge in [-0.3, -0.25) is 0 Å². The van der Waals surface area contributed by atoms with Gasteiger partial charge in [-0.2, -0.15) is 0 Å². The van der Waals surface area contributed by atoms with Crippen molar-refractivity contribution in [2.45, 2.75) is 6.04 Å². The minimum absolute atomic E-state index is 0.418. The first kappa shape index (κ1) is 9.70. The first-order valence-electron chi connectivity index (χ1n) is 3.23. The zero-order chi connectivity index (χ0) is 9.14. The van der Waals surface area contributed by atoms with E-state index in [4.69, 9.17) is 5.73 Å². The molecule has 3 nitrogen and oxygen atoms in total. The molecule has 0 fully saturated rings. The Kier molecular flexibility index (Phi) is 3.25. The summed E-state index contributed by atoms with van der Waals surface area (Å²) in [4.78, 5) is 11.8. The Balaban J connectivity index is 2.84. The van der Waals surface area contributed by atoms with Crippen LogP contribution in [0.25, 0.3) is 0 Å². The lowest BCUT2D eigenvalue weighted by Gasteiger charge is -2.06. The summed E-state index contributed by atoms with van der Waals surface area (Å²) in [5.74, 6) is -0.418. The maximum absolute atomic E-state index is 11.0. The zero-order valence-corrected chi connectivity index (χ0v) is 8.81. The molecule has 1 unspecified atom stereocenters. The molecule has 0 amide bonds. The van der Waals surface area contributed by atoms with E-state index in [1.165, 1.54) is 18.4 Å². The average molecular weight is 250 g/mol. The summed E-state index contributed by atoms with van der Waals surface area (Å²) in [5.41, 5.74) is 5.60. The minimum atomic E-state index is -0.677. The largest absolute Gasteiger partial charge is 0.468 e. The average Bonchev–Trinajstić information content (AvgIpc) is 2.48. The van der Waals surface area contributed by atoms with Crippen LogP contribution >= 0.6 is 27.3 Å². The lowest BCUT2D eigenvalue weighted by Crippen LogP contribution is -2.21. The van der Waals surface area contributed by atoms with E-state index >= 15 is 0 Å². The van der Waals surface area contributed by atoms with Crippen molar-refractivity contribution in [3.63, 3.8) is 0 Å². The van der Waals surface area contributed by atoms with E-state index in [-0.39, 0.29) is 0 Å². The third kappa shape index (κ3) is 1.85. The highest BCUT2D eigenvalue weighted by Gasteiger charge is 2.19. The highest BCUT2D eigenvalue weighted by Crippen LogP contribution is 2.28. The van der Waals surface area contributed by atoms with Crippen LogP contribution in [0.15, 0.2) is 15.9 Å². The number of nitrogens with two attached hydrogens (primary N) is 1. The zero-order valence-electron chi connectivity index (χ0n) is 6.41. The van der Waals surface area contributed by atoms with Crippen molar-refractivity contribution in [3.05, 3.63) is 20.8 Å². The van der Waals surface area contributed by atoms with Crippen LogP contribution in [0.3, 0.4) is 0 Å². The molecule has 0 aromatic carbocycles. The van der Waals surface area contributed by atoms with Gasteiger partial charge in [0.1, 0.15) is 6.04 Å². The molecular weight excluding hydrogens is 242 g/mol. The molecule has 1 heterocycles. The normalized spacial score (nSPS) is 12.6. The van der Waals surface area contributed by atoms with Gasteiger partial charge < -0.3 is 10.5 Å². The molecule has 5 heteroatoms. The molecule has 0 radical (unpaired) electrons. The molecule has 2 N–H and O–H groups in total.